The van der Waals surface area contributed by atoms with Crippen LogP contribution in [0.3, 0.4) is 0 Å². The number of amides is 1. The lowest BCUT2D eigenvalue weighted by atomic mass is 10.2. The van der Waals surface area contributed by atoms with E-state index < -0.39 is 10.0 Å². The van der Waals surface area contributed by atoms with Gasteiger partial charge in [-0.1, -0.05) is 11.6 Å². The summed E-state index contributed by atoms with van der Waals surface area (Å²) >= 11 is 5.98. The minimum Gasteiger partial charge on any atom is -0.493 e. The van der Waals surface area contributed by atoms with E-state index in [-0.39, 0.29) is 17.2 Å². The number of fused-ring (bicyclic) bond motifs is 1. The number of anilines is 3. The molecule has 0 aliphatic rings. The number of hydrogen-bond acceptors (Lipinski definition) is 8. The van der Waals surface area contributed by atoms with Gasteiger partial charge >= 0.3 is 0 Å². The Balaban J connectivity index is 1.33. The van der Waals surface area contributed by atoms with Crippen molar-refractivity contribution in [3.63, 3.8) is 0 Å². The number of ether oxygens (including phenoxy) is 2. The SMILES string of the molecule is COc1cc2ncnc(Nc3ccc(Cl)cc3)c2cc1OCCCCC(=O)Nc1ccc(S(N)(=O)=O)cc1. The molecule has 0 aliphatic heterocycles. The molecule has 1 aromatic heterocycles. The van der Waals surface area contributed by atoms with E-state index >= 15 is 0 Å². The number of carbonyl (C=O) groups excluding carboxylic acids is 1. The van der Waals surface area contributed by atoms with Crippen LogP contribution in [0.2, 0.25) is 5.02 Å². The minimum absolute atomic E-state index is 0.0174. The molecule has 4 N–H and O–H groups in total. The number of aromatic nitrogens is 2. The van der Waals surface area contributed by atoms with E-state index in [4.69, 9.17) is 26.2 Å². The lowest BCUT2D eigenvalue weighted by Gasteiger charge is -2.14. The van der Waals surface area contributed by atoms with E-state index in [2.05, 4.69) is 20.6 Å². The molecule has 198 valence electrons. The molecule has 1 heterocycles. The van der Waals surface area contributed by atoms with Crippen LogP contribution in [0.25, 0.3) is 10.9 Å². The van der Waals surface area contributed by atoms with Gasteiger partial charge in [0.15, 0.2) is 11.5 Å². The van der Waals surface area contributed by atoms with Crippen molar-refractivity contribution < 1.29 is 22.7 Å². The van der Waals surface area contributed by atoms with Gasteiger partial charge in [0.2, 0.25) is 15.9 Å². The number of nitrogens with two attached hydrogens (primary N) is 1. The maximum Gasteiger partial charge on any atom is 0.238 e. The third-order valence-electron chi connectivity index (χ3n) is 5.55. The van der Waals surface area contributed by atoms with E-state index in [1.165, 1.54) is 30.6 Å². The summed E-state index contributed by atoms with van der Waals surface area (Å²) in [4.78, 5) is 20.9. The third kappa shape index (κ3) is 7.09. The largest absolute Gasteiger partial charge is 0.493 e. The van der Waals surface area contributed by atoms with Crippen molar-refractivity contribution in [1.82, 2.24) is 9.97 Å². The molecule has 0 saturated heterocycles. The van der Waals surface area contributed by atoms with Crippen LogP contribution in [0, 0.1) is 0 Å². The predicted octanol–water partition coefficient (Wildman–Crippen LogP) is 4.87. The summed E-state index contributed by atoms with van der Waals surface area (Å²) in [6, 6.07) is 16.6. The smallest absolute Gasteiger partial charge is 0.238 e. The fourth-order valence-corrected chi connectivity index (χ4v) is 4.27. The molecule has 10 nitrogen and oxygen atoms in total. The van der Waals surface area contributed by atoms with Crippen LogP contribution >= 0.6 is 11.6 Å². The highest BCUT2D eigenvalue weighted by atomic mass is 35.5. The molecule has 0 spiro atoms. The summed E-state index contributed by atoms with van der Waals surface area (Å²) in [5.74, 6) is 1.49. The zero-order valence-electron chi connectivity index (χ0n) is 20.5. The van der Waals surface area contributed by atoms with Crippen LogP contribution in [-0.4, -0.2) is 38.0 Å². The van der Waals surface area contributed by atoms with Crippen molar-refractivity contribution in [2.24, 2.45) is 5.14 Å². The van der Waals surface area contributed by atoms with Crippen molar-refractivity contribution in [2.45, 2.75) is 24.2 Å². The van der Waals surface area contributed by atoms with Crippen molar-refractivity contribution in [3.05, 3.63) is 72.0 Å². The Morgan fingerprint density at radius 3 is 2.37 bits per heavy atom. The first-order valence-corrected chi connectivity index (χ1v) is 13.6. The summed E-state index contributed by atoms with van der Waals surface area (Å²) in [7, 11) is -2.22. The second-order valence-corrected chi connectivity index (χ2v) is 10.3. The average molecular weight is 556 g/mol. The summed E-state index contributed by atoms with van der Waals surface area (Å²) in [5.41, 5.74) is 2.01. The van der Waals surface area contributed by atoms with Crippen LogP contribution in [0.1, 0.15) is 19.3 Å². The molecule has 0 atom stereocenters. The number of nitrogens with one attached hydrogen (secondary N) is 2. The Hall–Kier alpha value is -3.93. The zero-order chi connectivity index (χ0) is 27.1. The first-order chi connectivity index (χ1) is 18.2. The molecule has 4 rings (SSSR count). The van der Waals surface area contributed by atoms with Crippen LogP contribution < -0.4 is 25.2 Å². The van der Waals surface area contributed by atoms with E-state index in [1.54, 1.807) is 25.3 Å². The van der Waals surface area contributed by atoms with Crippen LogP contribution in [-0.2, 0) is 14.8 Å². The van der Waals surface area contributed by atoms with Crippen molar-refractivity contribution >= 4 is 55.6 Å². The molecule has 3 aromatic carbocycles. The molecule has 0 fully saturated rings. The van der Waals surface area contributed by atoms with Gasteiger partial charge in [0, 0.05) is 34.3 Å². The number of halogens is 1. The molecule has 4 aromatic rings. The number of rotatable bonds is 11. The highest BCUT2D eigenvalue weighted by molar-refractivity contribution is 7.89. The topological polar surface area (TPSA) is 146 Å². The third-order valence-corrected chi connectivity index (χ3v) is 6.73. The first-order valence-electron chi connectivity index (χ1n) is 11.6. The van der Waals surface area contributed by atoms with Gasteiger partial charge in [0.1, 0.15) is 12.1 Å². The lowest BCUT2D eigenvalue weighted by Crippen LogP contribution is -2.13. The van der Waals surface area contributed by atoms with Crippen LogP contribution in [0.15, 0.2) is 71.9 Å². The number of methoxy groups -OCH3 is 1. The number of unbranched alkanes of at least 4 members (excludes halogenated alkanes) is 1. The summed E-state index contributed by atoms with van der Waals surface area (Å²) in [5, 5.41) is 12.5. The molecule has 0 radical (unpaired) electrons. The monoisotopic (exact) mass is 555 g/mol. The van der Waals surface area contributed by atoms with Gasteiger partial charge in [-0.3, -0.25) is 4.79 Å². The average Bonchev–Trinajstić information content (AvgIpc) is 2.89. The Morgan fingerprint density at radius 1 is 0.974 bits per heavy atom. The number of nitrogens with zero attached hydrogens (tertiary/aromatic N) is 2. The van der Waals surface area contributed by atoms with Gasteiger partial charge in [-0.2, -0.15) is 0 Å². The van der Waals surface area contributed by atoms with Gasteiger partial charge in [-0.05, 0) is 67.4 Å². The van der Waals surface area contributed by atoms with E-state index in [0.717, 1.165) is 11.1 Å². The molecular weight excluding hydrogens is 530 g/mol. The number of primary sulfonamides is 1. The molecular formula is C26H26ClN5O5S. The molecule has 12 heteroatoms. The first kappa shape index (κ1) is 27.1. The number of benzene rings is 3. The summed E-state index contributed by atoms with van der Waals surface area (Å²) in [6.45, 7) is 0.367. The predicted molar refractivity (Wildman–Crippen MR) is 147 cm³/mol. The number of hydrogen-bond donors (Lipinski definition) is 3. The Morgan fingerprint density at radius 2 is 1.68 bits per heavy atom. The van der Waals surface area contributed by atoms with Gasteiger partial charge in [0.05, 0.1) is 24.1 Å². The fourth-order valence-electron chi connectivity index (χ4n) is 3.63. The second kappa shape index (κ2) is 12.1. The summed E-state index contributed by atoms with van der Waals surface area (Å²) in [6.07, 6.45) is 2.96. The normalized spacial score (nSPS) is 11.2. The highest BCUT2D eigenvalue weighted by Gasteiger charge is 2.13. The second-order valence-electron chi connectivity index (χ2n) is 8.30. The standard InChI is InChI=1S/C26H26ClN5O5S/c1-36-23-15-22-21(26(30-16-29-22)32-19-7-5-17(27)6-8-19)14-24(23)37-13-3-2-4-25(33)31-18-9-11-20(12-10-18)38(28,34)35/h5-12,14-16H,2-4,13H2,1H3,(H,31,33)(H2,28,34,35)(H,29,30,32). The highest BCUT2D eigenvalue weighted by Crippen LogP contribution is 2.35. The Labute approximate surface area is 225 Å². The van der Waals surface area contributed by atoms with E-state index in [1.807, 2.05) is 18.2 Å². The van der Waals surface area contributed by atoms with Gasteiger partial charge in [-0.25, -0.2) is 23.5 Å². The quantitative estimate of drug-likeness (QED) is 0.222. The maximum absolute atomic E-state index is 12.2. The van der Waals surface area contributed by atoms with Crippen molar-refractivity contribution in [2.75, 3.05) is 24.4 Å². The number of sulfonamides is 1. The minimum atomic E-state index is -3.78. The fraction of sp³-hybridized carbons (Fsp3) is 0.192. The van der Waals surface area contributed by atoms with Crippen molar-refractivity contribution in [3.8, 4) is 11.5 Å². The molecule has 1 amide bonds. The molecule has 0 unspecified atom stereocenters. The van der Waals surface area contributed by atoms with Gasteiger partial charge in [-0.15, -0.1) is 0 Å². The molecule has 0 bridgehead atoms. The van der Waals surface area contributed by atoms with Gasteiger partial charge in [0.25, 0.3) is 0 Å². The van der Waals surface area contributed by atoms with Gasteiger partial charge < -0.3 is 20.1 Å². The van der Waals surface area contributed by atoms with Crippen LogP contribution in [0.5, 0.6) is 11.5 Å². The maximum atomic E-state index is 12.2. The van der Waals surface area contributed by atoms with E-state index in [9.17, 15) is 13.2 Å². The van der Waals surface area contributed by atoms with Crippen molar-refractivity contribution in [1.29, 1.82) is 0 Å². The molecule has 0 saturated carbocycles. The molecule has 38 heavy (non-hydrogen) atoms. The number of carbonyl (C=O) groups is 1. The van der Waals surface area contributed by atoms with Crippen LogP contribution in [0.4, 0.5) is 17.2 Å². The summed E-state index contributed by atoms with van der Waals surface area (Å²) < 4.78 is 34.1. The molecule has 0 aliphatic carbocycles. The van der Waals surface area contributed by atoms with E-state index in [0.29, 0.717) is 53.0 Å². The Bertz CT molecular complexity index is 1530. The Kier molecular flexibility index (Phi) is 8.62. The zero-order valence-corrected chi connectivity index (χ0v) is 22.1. The lowest BCUT2D eigenvalue weighted by molar-refractivity contribution is -0.116.